The largest absolute Gasteiger partial charge is 0.344 e. The van der Waals surface area contributed by atoms with E-state index >= 15 is 0 Å². The molecule has 23 heavy (non-hydrogen) atoms. The van der Waals surface area contributed by atoms with Crippen LogP contribution in [0.2, 0.25) is 0 Å². The molecular weight excluding hydrogens is 540 g/mol. The molecule has 0 spiro atoms. The first kappa shape index (κ1) is 23.5. The van der Waals surface area contributed by atoms with Crippen LogP contribution in [0.25, 0.3) is 0 Å². The summed E-state index contributed by atoms with van der Waals surface area (Å²) in [6, 6.07) is 8.32. The fraction of sp³-hybridized carbons (Fsp3) is 0.625. The molecule has 0 aliphatic rings. The number of hydrogen-bond acceptors (Lipinski definition) is 4. The molecule has 1 aromatic rings. The van der Waals surface area contributed by atoms with Crippen molar-refractivity contribution < 1.29 is 12.6 Å². The highest BCUT2D eigenvalue weighted by Crippen LogP contribution is 2.19. The van der Waals surface area contributed by atoms with E-state index < -0.39 is 10.1 Å². The third-order valence-electron chi connectivity index (χ3n) is 3.34. The van der Waals surface area contributed by atoms with E-state index in [0.717, 1.165) is 21.2 Å². The van der Waals surface area contributed by atoms with Gasteiger partial charge in [-0.25, -0.2) is 0 Å². The molecule has 0 bridgehead atoms. The Labute approximate surface area is 168 Å². The van der Waals surface area contributed by atoms with Gasteiger partial charge in [0.15, 0.2) is 0 Å². The highest BCUT2D eigenvalue weighted by Gasteiger charge is 2.13. The van der Waals surface area contributed by atoms with Gasteiger partial charge < -0.3 is 6.15 Å². The smallest absolute Gasteiger partial charge is 0.296 e. The molecule has 134 valence electrons. The molecule has 7 heteroatoms. The summed E-state index contributed by atoms with van der Waals surface area (Å²) in [5, 5.41) is 0. The zero-order valence-electron chi connectivity index (χ0n) is 13.4. The lowest BCUT2D eigenvalue weighted by Gasteiger charge is -2.06. The lowest BCUT2D eigenvalue weighted by atomic mass is 10.1. The van der Waals surface area contributed by atoms with Gasteiger partial charge in [-0.05, 0) is 25.0 Å². The van der Waals surface area contributed by atoms with Gasteiger partial charge in [0.05, 0.1) is 13.4 Å². The fourth-order valence-corrected chi connectivity index (χ4v) is 3.95. The predicted molar refractivity (Wildman–Crippen MR) is 113 cm³/mol. The Hall–Kier alpha value is 0.550. The monoisotopic (exact) mass is 567 g/mol. The van der Waals surface area contributed by atoms with Crippen molar-refractivity contribution in [3.63, 3.8) is 0 Å². The van der Waals surface area contributed by atoms with Crippen molar-refractivity contribution in [1.82, 2.24) is 6.15 Å². The summed E-state index contributed by atoms with van der Waals surface area (Å²) in [5.41, 5.74) is 0. The van der Waals surface area contributed by atoms with E-state index in [1.807, 2.05) is 0 Å². The Morgan fingerprint density at radius 2 is 1.39 bits per heavy atom. The average molecular weight is 567 g/mol. The minimum atomic E-state index is -3.57. The Morgan fingerprint density at radius 1 is 0.870 bits per heavy atom. The van der Waals surface area contributed by atoms with Crippen LogP contribution in [0.1, 0.15) is 51.4 Å². The van der Waals surface area contributed by atoms with E-state index in [2.05, 4.69) is 45.2 Å². The molecule has 0 fully saturated rings. The van der Waals surface area contributed by atoms with Gasteiger partial charge in [0, 0.05) is 0 Å². The van der Waals surface area contributed by atoms with Gasteiger partial charge in [-0.3, -0.25) is 4.18 Å². The fourth-order valence-electron chi connectivity index (χ4n) is 2.11. The summed E-state index contributed by atoms with van der Waals surface area (Å²) in [5.74, 6) is 0. The van der Waals surface area contributed by atoms with Crippen molar-refractivity contribution in [2.45, 2.75) is 58.2 Å². The molecule has 0 amide bonds. The third kappa shape index (κ3) is 11.7. The number of halogens is 2. The molecule has 3 N–H and O–H groups in total. The summed E-state index contributed by atoms with van der Waals surface area (Å²) in [6.07, 6.45) is 9.43. The molecule has 4 nitrogen and oxygen atoms in total. The van der Waals surface area contributed by atoms with Gasteiger partial charge in [-0.15, -0.1) is 0 Å². The normalized spacial score (nSPS) is 11.4. The Morgan fingerprint density at radius 3 is 1.96 bits per heavy atom. The number of alkyl halides is 2. The molecule has 0 heterocycles. The van der Waals surface area contributed by atoms with Crippen molar-refractivity contribution in [3.05, 3.63) is 30.3 Å². The van der Waals surface area contributed by atoms with E-state index in [1.165, 1.54) is 32.1 Å². The van der Waals surface area contributed by atoms with E-state index in [4.69, 9.17) is 4.18 Å². The first-order valence-corrected chi connectivity index (χ1v) is 11.6. The van der Waals surface area contributed by atoms with E-state index in [1.54, 1.807) is 30.3 Å². The van der Waals surface area contributed by atoms with Crippen molar-refractivity contribution in [2.24, 2.45) is 0 Å². The number of benzene rings is 1. The molecule has 0 saturated carbocycles. The second-order valence-electron chi connectivity index (χ2n) is 5.24. The van der Waals surface area contributed by atoms with Crippen molar-refractivity contribution in [3.8, 4) is 0 Å². The summed E-state index contributed by atoms with van der Waals surface area (Å²) >= 11 is 4.92. The standard InChI is InChI=1S/C16H24I2O3S.H3N/c17-16(18)13-9-4-2-1-3-5-10-14-21-22(19,20)15-11-7-6-8-12-15;/h6-8,11-12,16H,1-5,9-10,13-14H2;1H3. The van der Waals surface area contributed by atoms with Crippen LogP contribution in [-0.2, 0) is 14.3 Å². The number of rotatable bonds is 12. The molecular formula is C16H27I2NO3S. The zero-order chi connectivity index (χ0) is 16.3. The molecule has 0 unspecified atom stereocenters. The third-order valence-corrected chi connectivity index (χ3v) is 5.91. The van der Waals surface area contributed by atoms with Crippen LogP contribution in [0.3, 0.4) is 0 Å². The summed E-state index contributed by atoms with van der Waals surface area (Å²) in [7, 11) is -3.57. The molecule has 1 rings (SSSR count). The lowest BCUT2D eigenvalue weighted by molar-refractivity contribution is 0.306. The maximum atomic E-state index is 11.9. The summed E-state index contributed by atoms with van der Waals surface area (Å²) in [4.78, 5) is 0.235. The SMILES string of the molecule is N.O=S(=O)(OCCCCCCCCCC(I)I)c1ccccc1. The van der Waals surface area contributed by atoms with Crippen LogP contribution in [0.15, 0.2) is 35.2 Å². The predicted octanol–water partition coefficient (Wildman–Crippen LogP) is 5.87. The Bertz CT molecular complexity index is 495. The maximum absolute atomic E-state index is 11.9. The van der Waals surface area contributed by atoms with Gasteiger partial charge in [0.2, 0.25) is 0 Å². The topological polar surface area (TPSA) is 78.4 Å². The first-order chi connectivity index (χ1) is 10.5. The van der Waals surface area contributed by atoms with E-state index in [0.29, 0.717) is 0 Å². The quantitative estimate of drug-likeness (QED) is 0.148. The molecule has 0 aliphatic heterocycles. The molecule has 0 radical (unpaired) electrons. The van der Waals surface area contributed by atoms with E-state index in [9.17, 15) is 8.42 Å². The van der Waals surface area contributed by atoms with Gasteiger partial charge in [0.1, 0.15) is 0 Å². The second kappa shape index (κ2) is 13.8. The van der Waals surface area contributed by atoms with Gasteiger partial charge >= 0.3 is 0 Å². The van der Waals surface area contributed by atoms with Crippen LogP contribution in [0, 0.1) is 0 Å². The summed E-state index contributed by atoms with van der Waals surface area (Å²) < 4.78 is 29.5. The molecule has 0 atom stereocenters. The molecule has 1 aromatic carbocycles. The van der Waals surface area contributed by atoms with E-state index in [-0.39, 0.29) is 17.7 Å². The molecule has 0 aromatic heterocycles. The van der Waals surface area contributed by atoms with Gasteiger partial charge in [-0.2, -0.15) is 8.42 Å². The highest BCUT2D eigenvalue weighted by atomic mass is 127. The molecule has 0 saturated heterocycles. The Balaban J connectivity index is 0.00000484. The highest BCUT2D eigenvalue weighted by molar-refractivity contribution is 14.2. The van der Waals surface area contributed by atoms with Gasteiger partial charge in [-0.1, -0.05) is 102 Å². The second-order valence-corrected chi connectivity index (χ2v) is 12.2. The molecule has 0 aliphatic carbocycles. The minimum Gasteiger partial charge on any atom is -0.344 e. The van der Waals surface area contributed by atoms with Crippen molar-refractivity contribution in [2.75, 3.05) is 6.61 Å². The number of unbranched alkanes of at least 4 members (excludes halogenated alkanes) is 6. The van der Waals surface area contributed by atoms with Crippen molar-refractivity contribution in [1.29, 1.82) is 0 Å². The van der Waals surface area contributed by atoms with Crippen LogP contribution < -0.4 is 6.15 Å². The van der Waals surface area contributed by atoms with Crippen LogP contribution >= 0.6 is 45.2 Å². The minimum absolute atomic E-state index is 0. The van der Waals surface area contributed by atoms with Crippen LogP contribution in [0.4, 0.5) is 0 Å². The Kier molecular flexibility index (Phi) is 14.1. The summed E-state index contributed by atoms with van der Waals surface area (Å²) in [6.45, 7) is 0.280. The van der Waals surface area contributed by atoms with Crippen LogP contribution in [-0.4, -0.2) is 17.0 Å². The zero-order valence-corrected chi connectivity index (χ0v) is 18.6. The maximum Gasteiger partial charge on any atom is 0.296 e. The first-order valence-electron chi connectivity index (χ1n) is 7.75. The van der Waals surface area contributed by atoms with Crippen LogP contribution in [0.5, 0.6) is 0 Å². The average Bonchev–Trinajstić information content (AvgIpc) is 2.49. The van der Waals surface area contributed by atoms with Gasteiger partial charge in [0.25, 0.3) is 10.1 Å². The van der Waals surface area contributed by atoms with Crippen molar-refractivity contribution >= 4 is 55.3 Å². The number of hydrogen-bond donors (Lipinski definition) is 1. The lowest BCUT2D eigenvalue weighted by Crippen LogP contribution is -2.07.